The number of hydrogen-bond donors (Lipinski definition) is 1. The lowest BCUT2D eigenvalue weighted by molar-refractivity contribution is -0.124. The molecule has 1 N–H and O–H groups in total. The van der Waals surface area contributed by atoms with Gasteiger partial charge in [-0.2, -0.15) is 5.10 Å². The fourth-order valence-corrected chi connectivity index (χ4v) is 4.52. The van der Waals surface area contributed by atoms with Gasteiger partial charge in [0, 0.05) is 38.8 Å². The van der Waals surface area contributed by atoms with Gasteiger partial charge in [0.2, 0.25) is 5.91 Å². The summed E-state index contributed by atoms with van der Waals surface area (Å²) in [5.74, 6) is 0.00531. The van der Waals surface area contributed by atoms with Gasteiger partial charge >= 0.3 is 0 Å². The van der Waals surface area contributed by atoms with Crippen LogP contribution in [0.2, 0.25) is 0 Å². The molecule has 8 nitrogen and oxygen atoms in total. The zero-order valence-electron chi connectivity index (χ0n) is 19.5. The van der Waals surface area contributed by atoms with Crippen molar-refractivity contribution in [3.05, 3.63) is 53.3 Å². The SMILES string of the molecule is CC(C)CCNC(=O)[C@@H]1CCCN1C(=O)c1cc2n(n1)CCCN(Cc1ccccc1)C2=O. The molecule has 2 aromatic rings. The van der Waals surface area contributed by atoms with Crippen molar-refractivity contribution in [2.45, 2.75) is 58.7 Å². The first-order chi connectivity index (χ1) is 15.9. The van der Waals surface area contributed by atoms with Crippen LogP contribution in [0.25, 0.3) is 0 Å². The number of aromatic nitrogens is 2. The molecule has 0 radical (unpaired) electrons. The van der Waals surface area contributed by atoms with E-state index in [0.717, 1.165) is 24.8 Å². The van der Waals surface area contributed by atoms with E-state index < -0.39 is 6.04 Å². The average Bonchev–Trinajstić information content (AvgIpc) is 3.43. The van der Waals surface area contributed by atoms with Crippen LogP contribution >= 0.6 is 0 Å². The second-order valence-corrected chi connectivity index (χ2v) is 9.33. The van der Waals surface area contributed by atoms with E-state index in [0.29, 0.717) is 50.8 Å². The molecule has 4 rings (SSSR count). The van der Waals surface area contributed by atoms with Crippen LogP contribution in [0.5, 0.6) is 0 Å². The van der Waals surface area contributed by atoms with Crippen molar-refractivity contribution in [3.63, 3.8) is 0 Å². The van der Waals surface area contributed by atoms with Crippen LogP contribution in [0, 0.1) is 5.92 Å². The first-order valence-corrected chi connectivity index (χ1v) is 11.9. The van der Waals surface area contributed by atoms with Crippen molar-refractivity contribution in [2.24, 2.45) is 5.92 Å². The molecular formula is C25H33N5O3. The Hall–Kier alpha value is -3.16. The minimum absolute atomic E-state index is 0.104. The lowest BCUT2D eigenvalue weighted by atomic mass is 10.1. The minimum atomic E-state index is -0.476. The number of benzene rings is 1. The Morgan fingerprint density at radius 2 is 1.91 bits per heavy atom. The van der Waals surface area contributed by atoms with Crippen LogP contribution in [0.15, 0.2) is 36.4 Å². The van der Waals surface area contributed by atoms with E-state index >= 15 is 0 Å². The number of hydrogen-bond acceptors (Lipinski definition) is 4. The molecule has 1 aromatic carbocycles. The number of nitrogens with one attached hydrogen (secondary N) is 1. The van der Waals surface area contributed by atoms with Crippen LogP contribution in [0.3, 0.4) is 0 Å². The molecule has 0 bridgehead atoms. The van der Waals surface area contributed by atoms with Crippen molar-refractivity contribution in [2.75, 3.05) is 19.6 Å². The normalized spacial score (nSPS) is 18.4. The molecule has 8 heteroatoms. The highest BCUT2D eigenvalue weighted by molar-refractivity contribution is 6.00. The van der Waals surface area contributed by atoms with Gasteiger partial charge in [0.15, 0.2) is 5.69 Å². The van der Waals surface area contributed by atoms with Gasteiger partial charge in [0.1, 0.15) is 11.7 Å². The van der Waals surface area contributed by atoms with Gasteiger partial charge in [0.25, 0.3) is 11.8 Å². The number of rotatable bonds is 7. The highest BCUT2D eigenvalue weighted by atomic mass is 16.2. The first kappa shape index (κ1) is 23.0. The molecule has 0 saturated carbocycles. The second kappa shape index (κ2) is 10.2. The van der Waals surface area contributed by atoms with Crippen LogP contribution in [-0.4, -0.2) is 63.0 Å². The second-order valence-electron chi connectivity index (χ2n) is 9.33. The fraction of sp³-hybridized carbons (Fsp3) is 0.520. The Bertz CT molecular complexity index is 1000. The summed E-state index contributed by atoms with van der Waals surface area (Å²) < 4.78 is 1.65. The maximum Gasteiger partial charge on any atom is 0.275 e. The Labute approximate surface area is 194 Å². The van der Waals surface area contributed by atoms with Gasteiger partial charge in [-0.1, -0.05) is 44.2 Å². The van der Waals surface area contributed by atoms with E-state index in [1.807, 2.05) is 35.2 Å². The van der Waals surface area contributed by atoms with E-state index in [2.05, 4.69) is 24.3 Å². The highest BCUT2D eigenvalue weighted by Gasteiger charge is 2.36. The highest BCUT2D eigenvalue weighted by Crippen LogP contribution is 2.22. The Morgan fingerprint density at radius 1 is 1.12 bits per heavy atom. The summed E-state index contributed by atoms with van der Waals surface area (Å²) in [6.45, 7) is 7.12. The summed E-state index contributed by atoms with van der Waals surface area (Å²) in [6, 6.07) is 11.0. The number of likely N-dealkylation sites (tertiary alicyclic amines) is 1. The number of nitrogens with zero attached hydrogens (tertiary/aromatic N) is 4. The third kappa shape index (κ3) is 5.26. The summed E-state index contributed by atoms with van der Waals surface area (Å²) >= 11 is 0. The largest absolute Gasteiger partial charge is 0.354 e. The number of carbonyl (C=O) groups is 3. The molecule has 3 amide bonds. The van der Waals surface area contributed by atoms with Crippen molar-refractivity contribution in [1.29, 1.82) is 0 Å². The quantitative estimate of drug-likeness (QED) is 0.701. The summed E-state index contributed by atoms with van der Waals surface area (Å²) in [7, 11) is 0. The predicted molar refractivity (Wildman–Crippen MR) is 125 cm³/mol. The summed E-state index contributed by atoms with van der Waals surface area (Å²) in [4.78, 5) is 42.6. The fourth-order valence-electron chi connectivity index (χ4n) is 4.52. The molecule has 1 saturated heterocycles. The molecule has 2 aliphatic heterocycles. The van der Waals surface area contributed by atoms with Crippen LogP contribution in [-0.2, 0) is 17.9 Å². The first-order valence-electron chi connectivity index (χ1n) is 11.9. The van der Waals surface area contributed by atoms with Crippen molar-refractivity contribution in [1.82, 2.24) is 24.9 Å². The van der Waals surface area contributed by atoms with Crippen molar-refractivity contribution in [3.8, 4) is 0 Å². The molecule has 1 atom stereocenters. The van der Waals surface area contributed by atoms with Gasteiger partial charge < -0.3 is 15.1 Å². The van der Waals surface area contributed by atoms with Crippen LogP contribution < -0.4 is 5.32 Å². The Balaban J connectivity index is 1.46. The summed E-state index contributed by atoms with van der Waals surface area (Å²) in [6.07, 6.45) is 3.11. The molecule has 0 spiro atoms. The molecule has 3 heterocycles. The molecule has 0 aliphatic carbocycles. The molecule has 176 valence electrons. The lowest BCUT2D eigenvalue weighted by Crippen LogP contribution is -2.46. The average molecular weight is 452 g/mol. The van der Waals surface area contributed by atoms with E-state index in [4.69, 9.17) is 0 Å². The maximum atomic E-state index is 13.3. The molecule has 33 heavy (non-hydrogen) atoms. The number of fused-ring (bicyclic) bond motifs is 1. The molecule has 2 aliphatic rings. The lowest BCUT2D eigenvalue weighted by Gasteiger charge is -2.23. The van der Waals surface area contributed by atoms with E-state index in [1.165, 1.54) is 0 Å². The molecule has 1 aromatic heterocycles. The third-order valence-electron chi connectivity index (χ3n) is 6.36. The van der Waals surface area contributed by atoms with E-state index in [9.17, 15) is 14.4 Å². The zero-order chi connectivity index (χ0) is 23.4. The zero-order valence-corrected chi connectivity index (χ0v) is 19.5. The predicted octanol–water partition coefficient (Wildman–Crippen LogP) is 2.70. The van der Waals surface area contributed by atoms with Crippen LogP contribution in [0.1, 0.15) is 66.1 Å². The van der Waals surface area contributed by atoms with Gasteiger partial charge in [-0.3, -0.25) is 19.1 Å². The van der Waals surface area contributed by atoms with Crippen LogP contribution in [0.4, 0.5) is 0 Å². The summed E-state index contributed by atoms with van der Waals surface area (Å²) in [5, 5.41) is 7.44. The van der Waals surface area contributed by atoms with Crippen molar-refractivity contribution >= 4 is 17.7 Å². The van der Waals surface area contributed by atoms with E-state index in [-0.39, 0.29) is 23.4 Å². The molecule has 0 unspecified atom stereocenters. The Kier molecular flexibility index (Phi) is 7.11. The topological polar surface area (TPSA) is 87.5 Å². The number of carbonyl (C=O) groups excluding carboxylic acids is 3. The Morgan fingerprint density at radius 3 is 2.67 bits per heavy atom. The third-order valence-corrected chi connectivity index (χ3v) is 6.36. The monoisotopic (exact) mass is 451 g/mol. The van der Waals surface area contributed by atoms with Gasteiger partial charge in [0.05, 0.1) is 0 Å². The van der Waals surface area contributed by atoms with Gasteiger partial charge in [-0.25, -0.2) is 0 Å². The standard InChI is InChI=1S/C25H33N5O3/c1-18(2)11-12-26-23(31)21-10-6-14-29(21)24(32)20-16-22-25(33)28(13-7-15-30(22)27-20)17-19-8-4-3-5-9-19/h3-5,8-9,16,18,21H,6-7,10-15,17H2,1-2H3,(H,26,31)/t21-/m0/s1. The van der Waals surface area contributed by atoms with Crippen molar-refractivity contribution < 1.29 is 14.4 Å². The maximum absolute atomic E-state index is 13.3. The minimum Gasteiger partial charge on any atom is -0.354 e. The molecule has 1 fully saturated rings. The summed E-state index contributed by atoms with van der Waals surface area (Å²) in [5.41, 5.74) is 1.74. The van der Waals surface area contributed by atoms with E-state index in [1.54, 1.807) is 15.6 Å². The van der Waals surface area contributed by atoms with Gasteiger partial charge in [-0.05, 0) is 37.2 Å². The number of aryl methyl sites for hydroxylation is 1. The molecular weight excluding hydrogens is 418 g/mol. The number of amides is 3. The van der Waals surface area contributed by atoms with Gasteiger partial charge in [-0.15, -0.1) is 0 Å². The smallest absolute Gasteiger partial charge is 0.275 e.